The molecule has 9 heteroatoms. The van der Waals surface area contributed by atoms with Gasteiger partial charge in [-0.2, -0.15) is 0 Å². The molecule has 0 aliphatic rings. The summed E-state index contributed by atoms with van der Waals surface area (Å²) in [4.78, 5) is 10.7. The Hall–Kier alpha value is -1.00. The fraction of sp³-hybridized carbons (Fsp3) is 0.545. The van der Waals surface area contributed by atoms with Crippen LogP contribution in [0, 0.1) is 6.92 Å². The highest BCUT2D eigenvalue weighted by molar-refractivity contribution is 7.89. The van der Waals surface area contributed by atoms with Crippen LogP contribution in [0.25, 0.3) is 0 Å². The highest BCUT2D eigenvalue weighted by atomic mass is 32.2. The fourth-order valence-electron chi connectivity index (χ4n) is 1.48. The van der Waals surface area contributed by atoms with Gasteiger partial charge in [0.15, 0.2) is 0 Å². The largest absolute Gasteiger partial charge is 0.477 e. The summed E-state index contributed by atoms with van der Waals surface area (Å²) in [6.45, 7) is 2.62. The Morgan fingerprint density at radius 2 is 2.10 bits per heavy atom. The summed E-state index contributed by atoms with van der Waals surface area (Å²) in [5.74, 6) is -1.25. The minimum absolute atomic E-state index is 0.0698. The van der Waals surface area contributed by atoms with Crippen LogP contribution < -0.4 is 4.72 Å². The van der Waals surface area contributed by atoms with Gasteiger partial charge in [0.05, 0.1) is 19.8 Å². The molecule has 7 nitrogen and oxygen atoms in total. The number of hydrogen-bond donors (Lipinski definition) is 2. The van der Waals surface area contributed by atoms with Gasteiger partial charge in [-0.1, -0.05) is 0 Å². The first-order chi connectivity index (χ1) is 9.40. The number of rotatable bonds is 9. The van der Waals surface area contributed by atoms with E-state index < -0.39 is 16.0 Å². The topological polar surface area (TPSA) is 102 Å². The highest BCUT2D eigenvalue weighted by Gasteiger charge is 2.26. The molecule has 1 aromatic heterocycles. The summed E-state index contributed by atoms with van der Waals surface area (Å²) in [5.41, 5.74) is 0.417. The highest BCUT2D eigenvalue weighted by Crippen LogP contribution is 2.26. The maximum atomic E-state index is 12.1. The lowest BCUT2D eigenvalue weighted by atomic mass is 10.3. The number of aromatic carboxylic acids is 1. The van der Waals surface area contributed by atoms with Crippen LogP contribution in [0.4, 0.5) is 0 Å². The molecule has 0 amide bonds. The van der Waals surface area contributed by atoms with Gasteiger partial charge in [0, 0.05) is 13.7 Å². The molecule has 0 saturated heterocycles. The second kappa shape index (κ2) is 7.70. The van der Waals surface area contributed by atoms with E-state index in [2.05, 4.69) is 4.72 Å². The molecule has 0 aliphatic heterocycles. The molecule has 0 spiro atoms. The van der Waals surface area contributed by atoms with Crippen molar-refractivity contribution >= 4 is 27.3 Å². The van der Waals surface area contributed by atoms with Gasteiger partial charge in [0.2, 0.25) is 10.0 Å². The Bertz CT molecular complexity index is 551. The van der Waals surface area contributed by atoms with Crippen LogP contribution in [0.2, 0.25) is 0 Å². The first-order valence-electron chi connectivity index (χ1n) is 5.78. The van der Waals surface area contributed by atoms with Gasteiger partial charge in [0.1, 0.15) is 9.77 Å². The van der Waals surface area contributed by atoms with Gasteiger partial charge >= 0.3 is 5.97 Å². The first kappa shape index (κ1) is 17.1. The third-order valence-electron chi connectivity index (χ3n) is 2.35. The average molecular weight is 323 g/mol. The molecule has 0 bridgehead atoms. The van der Waals surface area contributed by atoms with Crippen LogP contribution >= 0.6 is 11.3 Å². The van der Waals surface area contributed by atoms with E-state index >= 15 is 0 Å². The molecule has 1 heterocycles. The predicted octanol–water partition coefficient (Wildman–Crippen LogP) is 0.696. The molecule has 0 radical (unpaired) electrons. The van der Waals surface area contributed by atoms with Crippen molar-refractivity contribution in [2.24, 2.45) is 0 Å². The van der Waals surface area contributed by atoms with Crippen molar-refractivity contribution in [3.8, 4) is 0 Å². The first-order valence-corrected chi connectivity index (χ1v) is 8.14. The number of carbonyl (C=O) groups is 1. The van der Waals surface area contributed by atoms with Crippen molar-refractivity contribution in [3.63, 3.8) is 0 Å². The number of methoxy groups -OCH3 is 1. The summed E-state index contributed by atoms with van der Waals surface area (Å²) in [7, 11) is -2.31. The van der Waals surface area contributed by atoms with E-state index in [1.165, 1.54) is 5.38 Å². The lowest BCUT2D eigenvalue weighted by Gasteiger charge is -2.08. The third-order valence-corrected chi connectivity index (χ3v) is 5.21. The van der Waals surface area contributed by atoms with Crippen LogP contribution in [0.15, 0.2) is 10.3 Å². The van der Waals surface area contributed by atoms with Gasteiger partial charge < -0.3 is 14.6 Å². The summed E-state index contributed by atoms with van der Waals surface area (Å²) >= 11 is 0.895. The normalized spacial score (nSPS) is 11.7. The SMILES string of the molecule is COCCOCCNS(=O)(=O)c1c(C)csc1C(=O)O. The molecule has 0 atom stereocenters. The monoisotopic (exact) mass is 323 g/mol. The molecule has 1 rings (SSSR count). The standard InChI is InChI=1S/C11H17NO6S2/c1-8-7-19-9(11(13)14)10(8)20(15,16)12-3-4-18-6-5-17-2/h7,12H,3-6H2,1-2H3,(H,13,14). The second-order valence-electron chi connectivity index (χ2n) is 3.89. The number of carboxylic acid groups (broad SMARTS) is 1. The number of ether oxygens (including phenoxy) is 2. The second-order valence-corrected chi connectivity index (χ2v) is 6.47. The maximum Gasteiger partial charge on any atom is 0.347 e. The fourth-order valence-corrected chi connectivity index (χ4v) is 4.12. The lowest BCUT2D eigenvalue weighted by Crippen LogP contribution is -2.29. The molecule has 2 N–H and O–H groups in total. The van der Waals surface area contributed by atoms with Crippen LogP contribution in [0.1, 0.15) is 15.2 Å². The van der Waals surface area contributed by atoms with E-state index in [1.807, 2.05) is 0 Å². The molecule has 0 saturated carbocycles. The molecule has 114 valence electrons. The summed E-state index contributed by atoms with van der Waals surface area (Å²) in [6.07, 6.45) is 0. The van der Waals surface area contributed by atoms with Crippen molar-refractivity contribution in [2.75, 3.05) is 33.5 Å². The van der Waals surface area contributed by atoms with E-state index in [9.17, 15) is 13.2 Å². The zero-order valence-electron chi connectivity index (χ0n) is 11.2. The Labute approximate surface area is 121 Å². The van der Waals surface area contributed by atoms with E-state index in [0.717, 1.165) is 11.3 Å². The van der Waals surface area contributed by atoms with E-state index in [-0.39, 0.29) is 22.9 Å². The smallest absolute Gasteiger partial charge is 0.347 e. The van der Waals surface area contributed by atoms with Crippen LogP contribution in [-0.4, -0.2) is 53.0 Å². The zero-order chi connectivity index (χ0) is 15.2. The van der Waals surface area contributed by atoms with Crippen molar-refractivity contribution in [3.05, 3.63) is 15.8 Å². The van der Waals surface area contributed by atoms with Crippen LogP contribution in [0.3, 0.4) is 0 Å². The Balaban J connectivity index is 2.65. The molecular weight excluding hydrogens is 306 g/mol. The predicted molar refractivity (Wildman–Crippen MR) is 73.9 cm³/mol. The molecule has 0 unspecified atom stereocenters. The van der Waals surface area contributed by atoms with Gasteiger partial charge in [-0.3, -0.25) is 0 Å². The van der Waals surface area contributed by atoms with Gasteiger partial charge in [-0.15, -0.1) is 11.3 Å². The molecule has 0 aromatic carbocycles. The number of carboxylic acids is 1. The molecular formula is C11H17NO6S2. The van der Waals surface area contributed by atoms with E-state index in [4.69, 9.17) is 14.6 Å². The van der Waals surface area contributed by atoms with Crippen LogP contribution in [0.5, 0.6) is 0 Å². The summed E-state index contributed by atoms with van der Waals surface area (Å²) < 4.78 is 36.4. The quantitative estimate of drug-likeness (QED) is 0.649. The molecule has 0 aliphatic carbocycles. The molecule has 20 heavy (non-hydrogen) atoms. The Kier molecular flexibility index (Phi) is 6.56. The zero-order valence-corrected chi connectivity index (χ0v) is 12.8. The minimum atomic E-state index is -3.85. The number of hydrogen-bond acceptors (Lipinski definition) is 6. The Morgan fingerprint density at radius 3 is 2.70 bits per heavy atom. The summed E-state index contributed by atoms with van der Waals surface area (Å²) in [6, 6.07) is 0. The van der Waals surface area contributed by atoms with E-state index in [1.54, 1.807) is 14.0 Å². The van der Waals surface area contributed by atoms with Gasteiger partial charge in [-0.25, -0.2) is 17.9 Å². The van der Waals surface area contributed by atoms with Crippen molar-refractivity contribution in [2.45, 2.75) is 11.8 Å². The van der Waals surface area contributed by atoms with Crippen molar-refractivity contribution in [1.29, 1.82) is 0 Å². The minimum Gasteiger partial charge on any atom is -0.477 e. The van der Waals surface area contributed by atoms with Crippen molar-refractivity contribution < 1.29 is 27.8 Å². The lowest BCUT2D eigenvalue weighted by molar-refractivity contribution is 0.0698. The van der Waals surface area contributed by atoms with E-state index in [0.29, 0.717) is 18.8 Å². The number of thiophene rings is 1. The molecule has 0 fully saturated rings. The average Bonchev–Trinajstić information content (AvgIpc) is 2.76. The van der Waals surface area contributed by atoms with Crippen LogP contribution in [-0.2, 0) is 19.5 Å². The maximum absolute atomic E-state index is 12.1. The van der Waals surface area contributed by atoms with Gasteiger partial charge in [0.25, 0.3) is 0 Å². The number of sulfonamides is 1. The number of nitrogens with one attached hydrogen (secondary N) is 1. The van der Waals surface area contributed by atoms with Crippen molar-refractivity contribution in [1.82, 2.24) is 4.72 Å². The number of aryl methyl sites for hydroxylation is 1. The third kappa shape index (κ3) is 4.53. The summed E-state index contributed by atoms with van der Waals surface area (Å²) in [5, 5.41) is 10.5. The van der Waals surface area contributed by atoms with Gasteiger partial charge in [-0.05, 0) is 17.9 Å². The Morgan fingerprint density at radius 1 is 1.40 bits per heavy atom. The molecule has 1 aromatic rings.